The quantitative estimate of drug-likeness (QED) is 0.758. The molecule has 0 aliphatic carbocycles. The summed E-state index contributed by atoms with van der Waals surface area (Å²) in [5, 5.41) is 1.84. The van der Waals surface area contributed by atoms with Crippen LogP contribution in [0.1, 0.15) is 32.8 Å². The van der Waals surface area contributed by atoms with Crippen LogP contribution in [0.15, 0.2) is 24.3 Å². The summed E-state index contributed by atoms with van der Waals surface area (Å²) in [6.07, 6.45) is 1.21. The van der Waals surface area contributed by atoms with Gasteiger partial charge in [-0.3, -0.25) is 0 Å². The van der Waals surface area contributed by atoms with E-state index in [0.717, 1.165) is 8.58 Å². The average Bonchev–Trinajstić information content (AvgIpc) is 2.18. The lowest BCUT2D eigenvalue weighted by molar-refractivity contribution is 0.681. The first-order valence-corrected chi connectivity index (χ1v) is 6.15. The minimum Gasteiger partial charge on any atom is -0.326 e. The fourth-order valence-corrected chi connectivity index (χ4v) is 2.70. The van der Waals surface area contributed by atoms with Gasteiger partial charge in [-0.1, -0.05) is 53.6 Å². The summed E-state index contributed by atoms with van der Waals surface area (Å²) in [5.41, 5.74) is 7.01. The number of nitrogens with two attached hydrogens (primary N) is 1. The van der Waals surface area contributed by atoms with E-state index in [0.29, 0.717) is 11.7 Å². The maximum absolute atomic E-state index is 5.72. The molecular weight excluding hydrogens is 189 g/mol. The Kier molecular flexibility index (Phi) is 4.10. The van der Waals surface area contributed by atoms with E-state index in [-0.39, 0.29) is 0 Å². The van der Waals surface area contributed by atoms with Crippen LogP contribution in [0.4, 0.5) is 0 Å². The van der Waals surface area contributed by atoms with Crippen molar-refractivity contribution in [2.45, 2.75) is 38.9 Å². The van der Waals surface area contributed by atoms with Gasteiger partial charge < -0.3 is 5.73 Å². The Morgan fingerprint density at radius 2 is 1.93 bits per heavy atom. The van der Waals surface area contributed by atoms with Gasteiger partial charge >= 0.3 is 0 Å². The summed E-state index contributed by atoms with van der Waals surface area (Å²) < 4.78 is 0. The van der Waals surface area contributed by atoms with Crippen LogP contribution >= 0.6 is 8.58 Å². The van der Waals surface area contributed by atoms with E-state index in [2.05, 4.69) is 45.0 Å². The fourth-order valence-electron chi connectivity index (χ4n) is 1.27. The van der Waals surface area contributed by atoms with Crippen molar-refractivity contribution >= 4 is 13.9 Å². The van der Waals surface area contributed by atoms with Crippen molar-refractivity contribution in [3.63, 3.8) is 0 Å². The first-order chi connectivity index (χ1) is 6.59. The average molecular weight is 209 g/mol. The number of hydrogen-bond acceptors (Lipinski definition) is 1. The second kappa shape index (κ2) is 4.91. The third-order valence-electron chi connectivity index (χ3n) is 2.59. The summed E-state index contributed by atoms with van der Waals surface area (Å²) in [7, 11) is 0.857. The Labute approximate surface area is 88.9 Å². The molecule has 0 amide bonds. The molecule has 78 valence electrons. The zero-order valence-electron chi connectivity index (χ0n) is 9.30. The molecule has 0 aliphatic rings. The van der Waals surface area contributed by atoms with E-state index in [1.165, 1.54) is 17.3 Å². The van der Waals surface area contributed by atoms with E-state index in [9.17, 15) is 0 Å². The molecule has 0 saturated carbocycles. The summed E-state index contributed by atoms with van der Waals surface area (Å²) in [5.74, 6) is 0. The molecule has 0 heterocycles. The lowest BCUT2D eigenvalue weighted by Crippen LogP contribution is -2.18. The van der Waals surface area contributed by atoms with Crippen LogP contribution in [0.2, 0.25) is 0 Å². The first-order valence-electron chi connectivity index (χ1n) is 5.15. The number of hydrogen-bond donors (Lipinski definition) is 1. The Hall–Kier alpha value is -0.390. The van der Waals surface area contributed by atoms with Crippen molar-refractivity contribution in [2.24, 2.45) is 5.73 Å². The number of benzene rings is 1. The third kappa shape index (κ3) is 3.08. The van der Waals surface area contributed by atoms with Gasteiger partial charge in [0.2, 0.25) is 0 Å². The molecule has 1 atom stereocenters. The Bertz CT molecular complexity index is 294. The monoisotopic (exact) mass is 209 g/mol. The van der Waals surface area contributed by atoms with Gasteiger partial charge in [0, 0.05) is 6.54 Å². The normalized spacial score (nSPS) is 12.6. The molecule has 2 heteroatoms. The van der Waals surface area contributed by atoms with Crippen LogP contribution in [0, 0.1) is 0 Å². The largest absolute Gasteiger partial charge is 0.326 e. The van der Waals surface area contributed by atoms with Gasteiger partial charge in [-0.25, -0.2) is 0 Å². The van der Waals surface area contributed by atoms with E-state index in [4.69, 9.17) is 5.73 Å². The highest BCUT2D eigenvalue weighted by Gasteiger charge is 2.16. The van der Waals surface area contributed by atoms with E-state index < -0.39 is 0 Å². The van der Waals surface area contributed by atoms with Crippen molar-refractivity contribution in [1.82, 2.24) is 0 Å². The molecule has 0 spiro atoms. The van der Waals surface area contributed by atoms with Gasteiger partial charge in [-0.2, -0.15) is 0 Å². The lowest BCUT2D eigenvalue weighted by Gasteiger charge is -2.24. The molecule has 0 bridgehead atoms. The van der Waals surface area contributed by atoms with Crippen LogP contribution < -0.4 is 11.0 Å². The van der Waals surface area contributed by atoms with E-state index >= 15 is 0 Å². The maximum atomic E-state index is 5.72. The van der Waals surface area contributed by atoms with Gasteiger partial charge in [-0.15, -0.1) is 0 Å². The van der Waals surface area contributed by atoms with E-state index in [1.807, 2.05) is 0 Å². The minimum atomic E-state index is 0.408. The molecule has 0 radical (unpaired) electrons. The Balaban J connectivity index is 2.85. The zero-order chi connectivity index (χ0) is 10.6. The Morgan fingerprint density at radius 1 is 1.29 bits per heavy atom. The molecule has 1 aromatic rings. The second-order valence-corrected chi connectivity index (χ2v) is 6.37. The molecule has 1 aromatic carbocycles. The predicted molar refractivity (Wildman–Crippen MR) is 66.7 cm³/mol. The van der Waals surface area contributed by atoms with Gasteiger partial charge in [0.15, 0.2) is 0 Å². The van der Waals surface area contributed by atoms with Crippen LogP contribution in [-0.2, 0) is 6.54 Å². The van der Waals surface area contributed by atoms with Crippen molar-refractivity contribution in [1.29, 1.82) is 0 Å². The van der Waals surface area contributed by atoms with Gasteiger partial charge in [0.1, 0.15) is 0 Å². The van der Waals surface area contributed by atoms with Crippen LogP contribution in [0.3, 0.4) is 0 Å². The molecule has 1 nitrogen and oxygen atoms in total. The minimum absolute atomic E-state index is 0.408. The second-order valence-electron chi connectivity index (χ2n) is 4.22. The highest BCUT2D eigenvalue weighted by molar-refractivity contribution is 7.49. The smallest absolute Gasteiger partial charge is 0.0184 e. The maximum Gasteiger partial charge on any atom is 0.0184 e. The van der Waals surface area contributed by atoms with Crippen LogP contribution in [0.5, 0.6) is 0 Å². The SMILES string of the molecule is CCC(C)(C)Pc1ccccc1CN. The molecule has 0 aromatic heterocycles. The molecule has 2 N–H and O–H groups in total. The Morgan fingerprint density at radius 3 is 2.50 bits per heavy atom. The molecule has 0 fully saturated rings. The third-order valence-corrected chi connectivity index (χ3v) is 4.38. The lowest BCUT2D eigenvalue weighted by atomic mass is 10.1. The topological polar surface area (TPSA) is 26.0 Å². The fraction of sp³-hybridized carbons (Fsp3) is 0.500. The molecule has 1 rings (SSSR count). The molecule has 1 unspecified atom stereocenters. The van der Waals surface area contributed by atoms with Crippen LogP contribution in [0.25, 0.3) is 0 Å². The number of rotatable bonds is 4. The van der Waals surface area contributed by atoms with Crippen molar-refractivity contribution in [3.8, 4) is 0 Å². The molecule has 0 saturated heterocycles. The van der Waals surface area contributed by atoms with Gasteiger partial charge in [0.05, 0.1) is 0 Å². The van der Waals surface area contributed by atoms with Crippen molar-refractivity contribution in [2.75, 3.05) is 0 Å². The van der Waals surface area contributed by atoms with Crippen molar-refractivity contribution in [3.05, 3.63) is 29.8 Å². The van der Waals surface area contributed by atoms with Gasteiger partial charge in [-0.05, 0) is 22.4 Å². The van der Waals surface area contributed by atoms with Crippen molar-refractivity contribution < 1.29 is 0 Å². The molecular formula is C12H20NP. The first kappa shape index (κ1) is 11.7. The summed E-state index contributed by atoms with van der Waals surface area (Å²) in [6.45, 7) is 7.54. The highest BCUT2D eigenvalue weighted by Crippen LogP contribution is 2.34. The summed E-state index contributed by atoms with van der Waals surface area (Å²) in [4.78, 5) is 0. The van der Waals surface area contributed by atoms with Gasteiger partial charge in [0.25, 0.3) is 0 Å². The van der Waals surface area contributed by atoms with Crippen LogP contribution in [-0.4, -0.2) is 5.16 Å². The summed E-state index contributed by atoms with van der Waals surface area (Å²) >= 11 is 0. The zero-order valence-corrected chi connectivity index (χ0v) is 10.3. The van der Waals surface area contributed by atoms with E-state index in [1.54, 1.807) is 0 Å². The standard InChI is InChI=1S/C12H20NP/c1-4-12(2,3)14-11-8-6-5-7-10(11)9-13/h5-8,14H,4,9,13H2,1-3H3. The highest BCUT2D eigenvalue weighted by atomic mass is 31.1. The predicted octanol–water partition coefficient (Wildman–Crippen LogP) is 2.64. The molecule has 14 heavy (non-hydrogen) atoms. The molecule has 0 aliphatic heterocycles. The summed E-state index contributed by atoms with van der Waals surface area (Å²) in [6, 6.07) is 8.51.